The average molecular weight is 292 g/mol. The van der Waals surface area contributed by atoms with Crippen LogP contribution in [0.25, 0.3) is 21.6 Å². The standard InChI is InChI=1S/C13H10ClN3OS/c1-7-15-6-11(19-7)13-16-10-4-3-8(18-2)5-9(10)12(14)17-13/h3-6H,1-2H3. The average Bonchev–Trinajstić information content (AvgIpc) is 2.85. The molecule has 1 aromatic carbocycles. The van der Waals surface area contributed by atoms with Crippen LogP contribution >= 0.6 is 22.9 Å². The summed E-state index contributed by atoms with van der Waals surface area (Å²) in [5, 5.41) is 2.18. The van der Waals surface area contributed by atoms with Crippen LogP contribution in [-0.2, 0) is 0 Å². The Morgan fingerprint density at radius 3 is 2.79 bits per heavy atom. The monoisotopic (exact) mass is 291 g/mol. The summed E-state index contributed by atoms with van der Waals surface area (Å²) in [7, 11) is 1.62. The molecule has 0 atom stereocenters. The number of halogens is 1. The molecule has 19 heavy (non-hydrogen) atoms. The Labute approximate surface area is 119 Å². The fraction of sp³-hybridized carbons (Fsp3) is 0.154. The number of rotatable bonds is 2. The van der Waals surface area contributed by atoms with Gasteiger partial charge in [0, 0.05) is 11.6 Å². The van der Waals surface area contributed by atoms with Gasteiger partial charge in [0.2, 0.25) is 0 Å². The normalized spacial score (nSPS) is 10.9. The van der Waals surface area contributed by atoms with E-state index in [1.165, 1.54) is 0 Å². The Morgan fingerprint density at radius 2 is 2.11 bits per heavy atom. The van der Waals surface area contributed by atoms with Crippen molar-refractivity contribution in [3.05, 3.63) is 34.6 Å². The zero-order valence-electron chi connectivity index (χ0n) is 10.3. The molecule has 3 rings (SSSR count). The second-order valence-corrected chi connectivity index (χ2v) is 5.56. The first-order chi connectivity index (χ1) is 9.17. The van der Waals surface area contributed by atoms with Crippen molar-refractivity contribution in [2.75, 3.05) is 7.11 Å². The molecule has 0 saturated carbocycles. The van der Waals surface area contributed by atoms with Gasteiger partial charge in [0.15, 0.2) is 5.82 Å². The topological polar surface area (TPSA) is 47.9 Å². The van der Waals surface area contributed by atoms with Crippen molar-refractivity contribution in [3.63, 3.8) is 0 Å². The summed E-state index contributed by atoms with van der Waals surface area (Å²) in [5.74, 6) is 1.34. The summed E-state index contributed by atoms with van der Waals surface area (Å²) in [6, 6.07) is 5.56. The second-order valence-electron chi connectivity index (χ2n) is 3.96. The van der Waals surface area contributed by atoms with Gasteiger partial charge in [-0.05, 0) is 25.1 Å². The highest BCUT2D eigenvalue weighted by atomic mass is 35.5. The summed E-state index contributed by atoms with van der Waals surface area (Å²) < 4.78 is 5.17. The predicted molar refractivity (Wildman–Crippen MR) is 76.9 cm³/mol. The summed E-state index contributed by atoms with van der Waals surface area (Å²) in [6.45, 7) is 1.95. The first kappa shape index (κ1) is 12.3. The molecule has 3 aromatic rings. The van der Waals surface area contributed by atoms with Crippen LogP contribution in [0.15, 0.2) is 24.4 Å². The van der Waals surface area contributed by atoms with Crippen molar-refractivity contribution in [2.24, 2.45) is 0 Å². The molecule has 6 heteroatoms. The highest BCUT2D eigenvalue weighted by Crippen LogP contribution is 2.29. The van der Waals surface area contributed by atoms with Crippen LogP contribution in [-0.4, -0.2) is 22.1 Å². The molecule has 2 heterocycles. The van der Waals surface area contributed by atoms with E-state index in [0.717, 1.165) is 26.5 Å². The third kappa shape index (κ3) is 2.27. The largest absolute Gasteiger partial charge is 0.497 e. The zero-order valence-corrected chi connectivity index (χ0v) is 11.9. The SMILES string of the molecule is COc1ccc2nc(-c3cnc(C)s3)nc(Cl)c2c1. The first-order valence-electron chi connectivity index (χ1n) is 5.61. The van der Waals surface area contributed by atoms with E-state index in [1.54, 1.807) is 24.6 Å². The Hall–Kier alpha value is -1.72. The van der Waals surface area contributed by atoms with E-state index in [-0.39, 0.29) is 0 Å². The van der Waals surface area contributed by atoms with Gasteiger partial charge in [-0.25, -0.2) is 15.0 Å². The fourth-order valence-electron chi connectivity index (χ4n) is 1.77. The Kier molecular flexibility index (Phi) is 3.08. The lowest BCUT2D eigenvalue weighted by Gasteiger charge is -2.05. The Balaban J connectivity index is 2.19. The van der Waals surface area contributed by atoms with E-state index in [2.05, 4.69) is 15.0 Å². The maximum atomic E-state index is 6.23. The highest BCUT2D eigenvalue weighted by Gasteiger charge is 2.10. The summed E-state index contributed by atoms with van der Waals surface area (Å²) >= 11 is 7.77. The molecule has 0 N–H and O–H groups in total. The number of hydrogen-bond acceptors (Lipinski definition) is 5. The molecule has 0 radical (unpaired) electrons. The summed E-state index contributed by atoms with van der Waals surface area (Å²) in [4.78, 5) is 14.0. The third-order valence-corrected chi connectivity index (χ3v) is 3.89. The fourth-order valence-corrected chi connectivity index (χ4v) is 2.72. The smallest absolute Gasteiger partial charge is 0.173 e. The van der Waals surface area contributed by atoms with Gasteiger partial charge in [-0.2, -0.15) is 0 Å². The maximum Gasteiger partial charge on any atom is 0.173 e. The van der Waals surface area contributed by atoms with E-state index in [4.69, 9.17) is 16.3 Å². The van der Waals surface area contributed by atoms with E-state index >= 15 is 0 Å². The van der Waals surface area contributed by atoms with Gasteiger partial charge in [-0.1, -0.05) is 11.6 Å². The molecule has 0 bridgehead atoms. The van der Waals surface area contributed by atoms with Crippen molar-refractivity contribution in [1.29, 1.82) is 0 Å². The molecule has 0 saturated heterocycles. The van der Waals surface area contributed by atoms with Crippen LogP contribution in [0.4, 0.5) is 0 Å². The lowest BCUT2D eigenvalue weighted by molar-refractivity contribution is 0.415. The third-order valence-electron chi connectivity index (χ3n) is 2.70. The minimum atomic E-state index is 0.421. The van der Waals surface area contributed by atoms with Gasteiger partial charge in [0.25, 0.3) is 0 Å². The molecular formula is C13H10ClN3OS. The molecule has 0 aliphatic heterocycles. The van der Waals surface area contributed by atoms with Crippen LogP contribution in [0.5, 0.6) is 5.75 Å². The van der Waals surface area contributed by atoms with Gasteiger partial charge in [0.05, 0.1) is 22.5 Å². The number of aryl methyl sites for hydroxylation is 1. The molecular weight excluding hydrogens is 282 g/mol. The molecule has 0 amide bonds. The lowest BCUT2D eigenvalue weighted by atomic mass is 10.2. The number of thiazole rings is 1. The number of ether oxygens (including phenoxy) is 1. The van der Waals surface area contributed by atoms with Gasteiger partial charge >= 0.3 is 0 Å². The van der Waals surface area contributed by atoms with Gasteiger partial charge in [-0.3, -0.25) is 0 Å². The molecule has 96 valence electrons. The zero-order chi connectivity index (χ0) is 13.4. The van der Waals surface area contributed by atoms with E-state index in [1.807, 2.05) is 25.1 Å². The first-order valence-corrected chi connectivity index (χ1v) is 6.81. The molecule has 0 aliphatic rings. The second kappa shape index (κ2) is 4.75. The molecule has 0 fully saturated rings. The summed E-state index contributed by atoms with van der Waals surface area (Å²) in [6.07, 6.45) is 1.76. The van der Waals surface area contributed by atoms with Crippen LogP contribution in [0.3, 0.4) is 0 Å². The van der Waals surface area contributed by atoms with Crippen LogP contribution in [0, 0.1) is 6.92 Å². The number of methoxy groups -OCH3 is 1. The van der Waals surface area contributed by atoms with Crippen molar-refractivity contribution in [3.8, 4) is 16.5 Å². The minimum absolute atomic E-state index is 0.421. The number of benzene rings is 1. The Morgan fingerprint density at radius 1 is 1.26 bits per heavy atom. The van der Waals surface area contributed by atoms with Gasteiger partial charge in [0.1, 0.15) is 10.9 Å². The van der Waals surface area contributed by atoms with E-state index < -0.39 is 0 Å². The van der Waals surface area contributed by atoms with Gasteiger partial charge in [-0.15, -0.1) is 11.3 Å². The molecule has 0 unspecified atom stereocenters. The Bertz CT molecular complexity index is 757. The molecule has 4 nitrogen and oxygen atoms in total. The lowest BCUT2D eigenvalue weighted by Crippen LogP contribution is -1.91. The van der Waals surface area contributed by atoms with Gasteiger partial charge < -0.3 is 4.74 Å². The number of hydrogen-bond donors (Lipinski definition) is 0. The van der Waals surface area contributed by atoms with Crippen molar-refractivity contribution in [1.82, 2.24) is 15.0 Å². The number of aromatic nitrogens is 3. The molecule has 0 aliphatic carbocycles. The summed E-state index contributed by atoms with van der Waals surface area (Å²) in [5.41, 5.74) is 0.793. The van der Waals surface area contributed by atoms with Crippen LogP contribution in [0.2, 0.25) is 5.15 Å². The van der Waals surface area contributed by atoms with E-state index in [9.17, 15) is 0 Å². The van der Waals surface area contributed by atoms with E-state index in [0.29, 0.717) is 11.0 Å². The van der Waals surface area contributed by atoms with Crippen molar-refractivity contribution < 1.29 is 4.74 Å². The molecule has 2 aromatic heterocycles. The highest BCUT2D eigenvalue weighted by molar-refractivity contribution is 7.14. The minimum Gasteiger partial charge on any atom is -0.497 e. The maximum absolute atomic E-state index is 6.23. The van der Waals surface area contributed by atoms with Crippen molar-refractivity contribution >= 4 is 33.8 Å². The van der Waals surface area contributed by atoms with Crippen molar-refractivity contribution in [2.45, 2.75) is 6.92 Å². The quantitative estimate of drug-likeness (QED) is 0.675. The van der Waals surface area contributed by atoms with Crippen LogP contribution in [0.1, 0.15) is 5.01 Å². The molecule has 0 spiro atoms. The predicted octanol–water partition coefficient (Wildman–Crippen LogP) is 3.72. The number of nitrogens with zero attached hydrogens (tertiary/aromatic N) is 3. The van der Waals surface area contributed by atoms with Crippen LogP contribution < -0.4 is 4.74 Å². The number of fused-ring (bicyclic) bond motifs is 1.